The molecular formula is C8H18O4S2. The van der Waals surface area contributed by atoms with Crippen molar-refractivity contribution in [3.63, 3.8) is 0 Å². The van der Waals surface area contributed by atoms with E-state index in [1.807, 2.05) is 0 Å². The Bertz CT molecular complexity index is 225. The summed E-state index contributed by atoms with van der Waals surface area (Å²) in [5.74, 6) is 0. The number of thiol groups is 1. The molecule has 1 unspecified atom stereocenters. The predicted molar refractivity (Wildman–Crippen MR) is 58.8 cm³/mol. The van der Waals surface area contributed by atoms with Crippen LogP contribution in [0, 0.1) is 0 Å². The lowest BCUT2D eigenvalue weighted by atomic mass is 10.1. The van der Waals surface area contributed by atoms with Gasteiger partial charge in [0.2, 0.25) is 0 Å². The van der Waals surface area contributed by atoms with E-state index in [-0.39, 0.29) is 0 Å². The minimum atomic E-state index is -4.35. The third-order valence-corrected chi connectivity index (χ3v) is 2.77. The quantitative estimate of drug-likeness (QED) is 0.297. The van der Waals surface area contributed by atoms with Gasteiger partial charge < -0.3 is 0 Å². The van der Waals surface area contributed by atoms with Crippen molar-refractivity contribution in [3.8, 4) is 0 Å². The number of unbranched alkanes of at least 4 members (excludes halogenated alkanes) is 4. The summed E-state index contributed by atoms with van der Waals surface area (Å²) in [6, 6.07) is 0. The maximum atomic E-state index is 10.3. The fraction of sp³-hybridized carbons (Fsp3) is 1.00. The van der Waals surface area contributed by atoms with Crippen LogP contribution in [0.15, 0.2) is 0 Å². The smallest absolute Gasteiger partial charge is 0.263 e. The molecule has 0 heterocycles. The maximum Gasteiger partial charge on any atom is 0.398 e. The molecule has 0 aromatic rings. The predicted octanol–water partition coefficient (Wildman–Crippen LogP) is 2.42. The van der Waals surface area contributed by atoms with Crippen molar-refractivity contribution in [2.45, 2.75) is 50.9 Å². The summed E-state index contributed by atoms with van der Waals surface area (Å²) < 4.78 is 33.1. The van der Waals surface area contributed by atoms with Crippen molar-refractivity contribution in [3.05, 3.63) is 0 Å². The zero-order valence-electron chi connectivity index (χ0n) is 8.35. The van der Waals surface area contributed by atoms with Gasteiger partial charge in [-0.05, 0) is 12.8 Å². The normalized spacial score (nSPS) is 14.2. The van der Waals surface area contributed by atoms with Crippen LogP contribution in [0.2, 0.25) is 0 Å². The van der Waals surface area contributed by atoms with Gasteiger partial charge in [0.15, 0.2) is 0 Å². The van der Waals surface area contributed by atoms with Crippen LogP contribution in [0.5, 0.6) is 0 Å². The molecular weight excluding hydrogens is 224 g/mol. The van der Waals surface area contributed by atoms with E-state index in [0.717, 1.165) is 19.3 Å². The fourth-order valence-electron chi connectivity index (χ4n) is 1.11. The van der Waals surface area contributed by atoms with E-state index in [1.54, 1.807) is 0 Å². The van der Waals surface area contributed by atoms with Gasteiger partial charge in [0.05, 0.1) is 0 Å². The molecule has 6 heteroatoms. The lowest BCUT2D eigenvalue weighted by Gasteiger charge is -2.08. The highest BCUT2D eigenvalue weighted by Crippen LogP contribution is 2.13. The van der Waals surface area contributed by atoms with Crippen LogP contribution in [0.4, 0.5) is 0 Å². The van der Waals surface area contributed by atoms with Gasteiger partial charge in [0.1, 0.15) is 5.44 Å². The molecule has 0 rings (SSSR count). The maximum absolute atomic E-state index is 10.3. The van der Waals surface area contributed by atoms with E-state index >= 15 is 0 Å². The summed E-state index contributed by atoms with van der Waals surface area (Å²) >= 11 is 3.89. The van der Waals surface area contributed by atoms with Crippen molar-refractivity contribution in [2.75, 3.05) is 0 Å². The molecule has 86 valence electrons. The third-order valence-electron chi connectivity index (χ3n) is 1.79. The first-order chi connectivity index (χ1) is 6.45. The van der Waals surface area contributed by atoms with E-state index in [0.29, 0.717) is 6.42 Å². The highest BCUT2D eigenvalue weighted by molar-refractivity contribution is 7.83. The van der Waals surface area contributed by atoms with Gasteiger partial charge >= 0.3 is 10.4 Å². The van der Waals surface area contributed by atoms with E-state index in [1.165, 1.54) is 12.8 Å². The van der Waals surface area contributed by atoms with Crippen LogP contribution in [-0.4, -0.2) is 18.4 Å². The summed E-state index contributed by atoms with van der Waals surface area (Å²) in [6.07, 6.45) is 5.95. The van der Waals surface area contributed by atoms with E-state index < -0.39 is 15.8 Å². The Labute approximate surface area is 91.4 Å². The molecule has 0 aromatic heterocycles. The van der Waals surface area contributed by atoms with Crippen molar-refractivity contribution in [1.29, 1.82) is 0 Å². The second-order valence-electron chi connectivity index (χ2n) is 3.18. The van der Waals surface area contributed by atoms with Crippen LogP contribution in [-0.2, 0) is 14.6 Å². The Morgan fingerprint density at radius 1 is 1.29 bits per heavy atom. The molecule has 0 aliphatic heterocycles. The monoisotopic (exact) mass is 242 g/mol. The molecule has 0 amide bonds. The van der Waals surface area contributed by atoms with Gasteiger partial charge in [-0.1, -0.05) is 32.6 Å². The molecule has 0 aliphatic rings. The van der Waals surface area contributed by atoms with E-state index in [2.05, 4.69) is 23.7 Å². The Morgan fingerprint density at radius 3 is 2.36 bits per heavy atom. The van der Waals surface area contributed by atoms with Crippen LogP contribution < -0.4 is 0 Å². The zero-order valence-corrected chi connectivity index (χ0v) is 10.1. The summed E-state index contributed by atoms with van der Waals surface area (Å²) in [6.45, 7) is 2.13. The second-order valence-corrected chi connectivity index (χ2v) is 4.81. The van der Waals surface area contributed by atoms with Crippen molar-refractivity contribution < 1.29 is 17.2 Å². The average molecular weight is 242 g/mol. The molecule has 14 heavy (non-hydrogen) atoms. The molecule has 0 aliphatic carbocycles. The Hall–Kier alpha value is 0.220. The van der Waals surface area contributed by atoms with Gasteiger partial charge in [-0.25, -0.2) is 4.18 Å². The topological polar surface area (TPSA) is 63.6 Å². The molecule has 0 saturated heterocycles. The summed E-state index contributed by atoms with van der Waals surface area (Å²) in [4.78, 5) is 0. The molecule has 0 saturated carbocycles. The van der Waals surface area contributed by atoms with Crippen molar-refractivity contribution in [2.24, 2.45) is 0 Å². The molecule has 0 aromatic carbocycles. The average Bonchev–Trinajstić information content (AvgIpc) is 2.00. The number of hydrogen-bond acceptors (Lipinski definition) is 4. The van der Waals surface area contributed by atoms with Crippen molar-refractivity contribution in [1.82, 2.24) is 0 Å². The fourth-order valence-corrected chi connectivity index (χ4v) is 2.00. The summed E-state index contributed by atoms with van der Waals surface area (Å²) in [5.41, 5.74) is -0.730. The summed E-state index contributed by atoms with van der Waals surface area (Å²) in [7, 11) is -4.35. The SMILES string of the molecule is CCCCCCCC(S)OS(=O)(=O)O. The molecule has 1 N–H and O–H groups in total. The highest BCUT2D eigenvalue weighted by atomic mass is 32.3. The second kappa shape index (κ2) is 7.50. The Kier molecular flexibility index (Phi) is 7.62. The molecule has 0 spiro atoms. The Balaban J connectivity index is 3.41. The molecule has 0 fully saturated rings. The van der Waals surface area contributed by atoms with Gasteiger partial charge in [-0.3, -0.25) is 4.55 Å². The van der Waals surface area contributed by atoms with Gasteiger partial charge in [-0.2, -0.15) is 8.42 Å². The molecule has 0 bridgehead atoms. The lowest BCUT2D eigenvalue weighted by Crippen LogP contribution is -2.12. The molecule has 1 atom stereocenters. The van der Waals surface area contributed by atoms with E-state index in [9.17, 15) is 8.42 Å². The third kappa shape index (κ3) is 10.3. The largest absolute Gasteiger partial charge is 0.398 e. The lowest BCUT2D eigenvalue weighted by molar-refractivity contribution is 0.238. The Morgan fingerprint density at radius 2 is 1.86 bits per heavy atom. The first-order valence-electron chi connectivity index (χ1n) is 4.79. The minimum Gasteiger partial charge on any atom is -0.263 e. The van der Waals surface area contributed by atoms with Gasteiger partial charge in [0.25, 0.3) is 0 Å². The number of hydrogen-bond donors (Lipinski definition) is 2. The van der Waals surface area contributed by atoms with Crippen molar-refractivity contribution >= 4 is 23.0 Å². The summed E-state index contributed by atoms with van der Waals surface area (Å²) in [5, 5.41) is 0. The highest BCUT2D eigenvalue weighted by Gasteiger charge is 2.12. The first kappa shape index (κ1) is 14.2. The number of rotatable bonds is 8. The van der Waals surface area contributed by atoms with Crippen LogP contribution >= 0.6 is 12.6 Å². The minimum absolute atomic E-state index is 0.534. The van der Waals surface area contributed by atoms with E-state index in [4.69, 9.17) is 4.55 Å². The van der Waals surface area contributed by atoms with Gasteiger partial charge in [-0.15, -0.1) is 12.6 Å². The van der Waals surface area contributed by atoms with Crippen LogP contribution in [0.25, 0.3) is 0 Å². The first-order valence-corrected chi connectivity index (χ1v) is 6.67. The van der Waals surface area contributed by atoms with Crippen LogP contribution in [0.1, 0.15) is 45.4 Å². The molecule has 0 radical (unpaired) electrons. The zero-order chi connectivity index (χ0) is 11.0. The standard InChI is InChI=1S/C8H18O4S2/c1-2-3-4-5-6-7-8(13)12-14(9,10)11/h8,13H,2-7H2,1H3,(H,9,10,11). The van der Waals surface area contributed by atoms with Crippen LogP contribution in [0.3, 0.4) is 0 Å². The van der Waals surface area contributed by atoms with Gasteiger partial charge in [0, 0.05) is 0 Å². The molecule has 4 nitrogen and oxygen atoms in total.